The van der Waals surface area contributed by atoms with Crippen LogP contribution in [0.3, 0.4) is 0 Å². The molecular weight excluding hydrogens is 273 g/mol. The van der Waals surface area contributed by atoms with E-state index >= 15 is 0 Å². The standard InChI is InChI=1S/C13H11F3N2O2/c14-13(15,16)10-3-1-2-9(6-10)12(19)18-4-5-20-11(7-17)8-18/h1-3,6,11H,4-5,8H2. The summed E-state index contributed by atoms with van der Waals surface area (Å²) in [5, 5.41) is 8.75. The minimum absolute atomic E-state index is 0.0431. The van der Waals surface area contributed by atoms with E-state index in [9.17, 15) is 18.0 Å². The Hall–Kier alpha value is -2.07. The summed E-state index contributed by atoms with van der Waals surface area (Å²) in [6, 6.07) is 6.13. The van der Waals surface area contributed by atoms with Gasteiger partial charge in [0.15, 0.2) is 6.10 Å². The Labute approximate surface area is 113 Å². The van der Waals surface area contributed by atoms with Crippen LogP contribution in [0.2, 0.25) is 0 Å². The zero-order valence-corrected chi connectivity index (χ0v) is 10.4. The second-order valence-corrected chi connectivity index (χ2v) is 4.32. The monoisotopic (exact) mass is 284 g/mol. The van der Waals surface area contributed by atoms with Crippen molar-refractivity contribution in [3.8, 4) is 6.07 Å². The van der Waals surface area contributed by atoms with E-state index in [2.05, 4.69) is 0 Å². The van der Waals surface area contributed by atoms with Crippen molar-refractivity contribution < 1.29 is 22.7 Å². The number of benzene rings is 1. The second kappa shape index (κ2) is 5.51. The first-order chi connectivity index (χ1) is 9.41. The zero-order chi connectivity index (χ0) is 14.8. The average molecular weight is 284 g/mol. The summed E-state index contributed by atoms with van der Waals surface area (Å²) in [4.78, 5) is 13.5. The van der Waals surface area contributed by atoms with Gasteiger partial charge in [-0.05, 0) is 18.2 Å². The van der Waals surface area contributed by atoms with E-state index < -0.39 is 23.8 Å². The third-order valence-corrected chi connectivity index (χ3v) is 2.93. The van der Waals surface area contributed by atoms with Gasteiger partial charge in [-0.2, -0.15) is 18.4 Å². The predicted molar refractivity (Wildman–Crippen MR) is 62.7 cm³/mol. The molecule has 1 aliphatic rings. The Bertz CT molecular complexity index is 551. The molecule has 1 unspecified atom stereocenters. The highest BCUT2D eigenvalue weighted by atomic mass is 19.4. The van der Waals surface area contributed by atoms with Gasteiger partial charge in [0.2, 0.25) is 0 Å². The van der Waals surface area contributed by atoms with Crippen molar-refractivity contribution in [1.29, 1.82) is 5.26 Å². The molecule has 1 heterocycles. The largest absolute Gasteiger partial charge is 0.416 e. The van der Waals surface area contributed by atoms with Crippen molar-refractivity contribution >= 4 is 5.91 Å². The number of alkyl halides is 3. The summed E-state index contributed by atoms with van der Waals surface area (Å²) in [7, 11) is 0. The van der Waals surface area contributed by atoms with E-state index in [4.69, 9.17) is 10.00 Å². The quantitative estimate of drug-likeness (QED) is 0.793. The molecular formula is C13H11F3N2O2. The van der Waals surface area contributed by atoms with Gasteiger partial charge in [-0.25, -0.2) is 0 Å². The molecule has 0 aromatic heterocycles. The molecule has 20 heavy (non-hydrogen) atoms. The lowest BCUT2D eigenvalue weighted by Crippen LogP contribution is -2.45. The smallest absolute Gasteiger partial charge is 0.360 e. The molecule has 0 saturated carbocycles. The van der Waals surface area contributed by atoms with Crippen LogP contribution < -0.4 is 0 Å². The number of nitrogens with zero attached hydrogens (tertiary/aromatic N) is 2. The summed E-state index contributed by atoms with van der Waals surface area (Å²) in [6.45, 7) is 0.516. The number of nitriles is 1. The molecule has 106 valence electrons. The Morgan fingerprint density at radius 2 is 2.20 bits per heavy atom. The van der Waals surface area contributed by atoms with Crippen LogP contribution in [0.1, 0.15) is 15.9 Å². The van der Waals surface area contributed by atoms with Gasteiger partial charge in [0.05, 0.1) is 24.8 Å². The van der Waals surface area contributed by atoms with Crippen molar-refractivity contribution in [1.82, 2.24) is 4.90 Å². The summed E-state index contributed by atoms with van der Waals surface area (Å²) in [5.41, 5.74) is -0.910. The van der Waals surface area contributed by atoms with Gasteiger partial charge in [0.1, 0.15) is 0 Å². The zero-order valence-electron chi connectivity index (χ0n) is 10.4. The lowest BCUT2D eigenvalue weighted by Gasteiger charge is -2.29. The first-order valence-corrected chi connectivity index (χ1v) is 5.89. The number of hydrogen-bond donors (Lipinski definition) is 0. The molecule has 1 aliphatic heterocycles. The number of rotatable bonds is 1. The van der Waals surface area contributed by atoms with Crippen LogP contribution in [0.15, 0.2) is 24.3 Å². The molecule has 7 heteroatoms. The van der Waals surface area contributed by atoms with Gasteiger partial charge in [0.25, 0.3) is 5.91 Å². The molecule has 0 bridgehead atoms. The average Bonchev–Trinajstić information content (AvgIpc) is 2.46. The first-order valence-electron chi connectivity index (χ1n) is 5.89. The minimum atomic E-state index is -4.49. The van der Waals surface area contributed by atoms with E-state index in [1.807, 2.05) is 6.07 Å². The van der Waals surface area contributed by atoms with E-state index in [1.165, 1.54) is 17.0 Å². The number of carbonyl (C=O) groups is 1. The molecule has 1 amide bonds. The fourth-order valence-corrected chi connectivity index (χ4v) is 1.92. The Morgan fingerprint density at radius 3 is 2.85 bits per heavy atom. The fraction of sp³-hybridized carbons (Fsp3) is 0.385. The van der Waals surface area contributed by atoms with Crippen LogP contribution in [-0.4, -0.2) is 36.6 Å². The third kappa shape index (κ3) is 3.08. The van der Waals surface area contributed by atoms with Gasteiger partial charge in [-0.3, -0.25) is 4.79 Å². The Balaban J connectivity index is 2.19. The number of morpholine rings is 1. The van der Waals surface area contributed by atoms with Crippen molar-refractivity contribution in [3.63, 3.8) is 0 Å². The summed E-state index contributed by atoms with van der Waals surface area (Å²) in [6.07, 6.45) is -5.23. The number of ether oxygens (including phenoxy) is 1. The molecule has 0 radical (unpaired) electrons. The van der Waals surface area contributed by atoms with Crippen LogP contribution in [0.5, 0.6) is 0 Å². The summed E-state index contributed by atoms with van der Waals surface area (Å²) >= 11 is 0. The molecule has 4 nitrogen and oxygen atoms in total. The number of carbonyl (C=O) groups excluding carboxylic acids is 1. The lowest BCUT2D eigenvalue weighted by atomic mass is 10.1. The molecule has 1 fully saturated rings. The maximum atomic E-state index is 12.6. The summed E-state index contributed by atoms with van der Waals surface area (Å²) in [5.74, 6) is -0.528. The number of amides is 1. The molecule has 1 aromatic carbocycles. The SMILES string of the molecule is N#CC1CN(C(=O)c2cccc(C(F)(F)F)c2)CCO1. The van der Waals surface area contributed by atoms with E-state index in [1.54, 1.807) is 0 Å². The predicted octanol–water partition coefficient (Wildman–Crippen LogP) is 2.07. The van der Waals surface area contributed by atoms with Gasteiger partial charge in [0, 0.05) is 12.1 Å². The molecule has 0 spiro atoms. The number of halogens is 3. The maximum Gasteiger partial charge on any atom is 0.416 e. The van der Waals surface area contributed by atoms with Crippen LogP contribution >= 0.6 is 0 Å². The Morgan fingerprint density at radius 1 is 1.45 bits per heavy atom. The van der Waals surface area contributed by atoms with Crippen LogP contribution in [0.4, 0.5) is 13.2 Å². The van der Waals surface area contributed by atoms with Crippen molar-refractivity contribution in [3.05, 3.63) is 35.4 Å². The lowest BCUT2D eigenvalue weighted by molar-refractivity contribution is -0.137. The van der Waals surface area contributed by atoms with Crippen LogP contribution in [0, 0.1) is 11.3 Å². The van der Waals surface area contributed by atoms with Gasteiger partial charge in [-0.1, -0.05) is 6.07 Å². The van der Waals surface area contributed by atoms with Gasteiger partial charge in [-0.15, -0.1) is 0 Å². The molecule has 1 atom stereocenters. The highest BCUT2D eigenvalue weighted by Crippen LogP contribution is 2.29. The van der Waals surface area contributed by atoms with Crippen molar-refractivity contribution in [2.24, 2.45) is 0 Å². The van der Waals surface area contributed by atoms with Gasteiger partial charge < -0.3 is 9.64 Å². The van der Waals surface area contributed by atoms with Gasteiger partial charge >= 0.3 is 6.18 Å². The minimum Gasteiger partial charge on any atom is -0.360 e. The summed E-state index contributed by atoms with van der Waals surface area (Å²) < 4.78 is 42.9. The van der Waals surface area contributed by atoms with Crippen LogP contribution in [0.25, 0.3) is 0 Å². The molecule has 2 rings (SSSR count). The third-order valence-electron chi connectivity index (χ3n) is 2.93. The topological polar surface area (TPSA) is 53.3 Å². The number of hydrogen-bond acceptors (Lipinski definition) is 3. The fourth-order valence-electron chi connectivity index (χ4n) is 1.92. The van der Waals surface area contributed by atoms with Crippen molar-refractivity contribution in [2.45, 2.75) is 12.3 Å². The second-order valence-electron chi connectivity index (χ2n) is 4.32. The van der Waals surface area contributed by atoms with Crippen LogP contribution in [-0.2, 0) is 10.9 Å². The normalized spacial score (nSPS) is 19.5. The maximum absolute atomic E-state index is 12.6. The molecule has 0 aliphatic carbocycles. The molecule has 1 saturated heterocycles. The van der Waals surface area contributed by atoms with E-state index in [0.29, 0.717) is 0 Å². The Kier molecular flexibility index (Phi) is 3.95. The van der Waals surface area contributed by atoms with Crippen molar-refractivity contribution in [2.75, 3.05) is 19.7 Å². The molecule has 1 aromatic rings. The molecule has 0 N–H and O–H groups in total. The first kappa shape index (κ1) is 14.3. The highest BCUT2D eigenvalue weighted by Gasteiger charge is 2.32. The van der Waals surface area contributed by atoms with E-state index in [-0.39, 0.29) is 25.3 Å². The van der Waals surface area contributed by atoms with E-state index in [0.717, 1.165) is 12.1 Å². The highest BCUT2D eigenvalue weighted by molar-refractivity contribution is 5.94.